The second kappa shape index (κ2) is 8.31. The zero-order valence-electron chi connectivity index (χ0n) is 17.2. The number of benzene rings is 3. The van der Waals surface area contributed by atoms with E-state index in [1.54, 1.807) is 54.5 Å². The maximum Gasteiger partial charge on any atom is 0.264 e. The van der Waals surface area contributed by atoms with Crippen molar-refractivity contribution in [1.29, 1.82) is 0 Å². The van der Waals surface area contributed by atoms with E-state index in [9.17, 15) is 13.2 Å². The van der Waals surface area contributed by atoms with Gasteiger partial charge in [0.25, 0.3) is 15.9 Å². The molecule has 1 aliphatic rings. The molecule has 4 rings (SSSR count). The number of hydrogen-bond donors (Lipinski definition) is 0. The first kappa shape index (κ1) is 20.7. The number of methoxy groups -OCH3 is 1. The Balaban J connectivity index is 1.64. The van der Waals surface area contributed by atoms with E-state index < -0.39 is 10.0 Å². The highest BCUT2D eigenvalue weighted by atomic mass is 32.2. The van der Waals surface area contributed by atoms with Crippen molar-refractivity contribution in [3.8, 4) is 11.5 Å². The highest BCUT2D eigenvalue weighted by Crippen LogP contribution is 2.32. The smallest absolute Gasteiger partial charge is 0.264 e. The van der Waals surface area contributed by atoms with Gasteiger partial charge >= 0.3 is 0 Å². The van der Waals surface area contributed by atoms with Gasteiger partial charge in [0.15, 0.2) is 0 Å². The summed E-state index contributed by atoms with van der Waals surface area (Å²) in [5.74, 6) is 0.984. The first-order valence-corrected chi connectivity index (χ1v) is 11.1. The molecule has 0 aliphatic carbocycles. The van der Waals surface area contributed by atoms with E-state index in [0.717, 1.165) is 0 Å². The van der Waals surface area contributed by atoms with E-state index in [-0.39, 0.29) is 10.8 Å². The zero-order valence-corrected chi connectivity index (χ0v) is 18.0. The molecule has 160 valence electrons. The number of anilines is 2. The average molecular weight is 439 g/mol. The van der Waals surface area contributed by atoms with Crippen molar-refractivity contribution in [3.63, 3.8) is 0 Å². The van der Waals surface area contributed by atoms with Crippen molar-refractivity contribution in [2.75, 3.05) is 36.5 Å². The van der Waals surface area contributed by atoms with Crippen molar-refractivity contribution >= 4 is 27.3 Å². The fraction of sp³-hybridized carbons (Fsp3) is 0.174. The molecule has 0 saturated heterocycles. The fourth-order valence-corrected chi connectivity index (χ4v) is 4.66. The molecule has 0 atom stereocenters. The molecule has 0 N–H and O–H groups in total. The van der Waals surface area contributed by atoms with Gasteiger partial charge in [0, 0.05) is 12.6 Å². The van der Waals surface area contributed by atoms with Gasteiger partial charge in [-0.15, -0.1) is 0 Å². The van der Waals surface area contributed by atoms with E-state index >= 15 is 0 Å². The molecular formula is C23H22N2O5S. The molecule has 1 heterocycles. The lowest BCUT2D eigenvalue weighted by atomic mass is 10.1. The number of nitrogens with zero attached hydrogens (tertiary/aromatic N) is 2. The third kappa shape index (κ3) is 3.94. The largest absolute Gasteiger partial charge is 0.497 e. The third-order valence-electron chi connectivity index (χ3n) is 5.15. The molecule has 0 unspecified atom stereocenters. The van der Waals surface area contributed by atoms with E-state index in [0.29, 0.717) is 41.6 Å². The number of sulfonamides is 1. The van der Waals surface area contributed by atoms with Gasteiger partial charge in [0.1, 0.15) is 18.1 Å². The van der Waals surface area contributed by atoms with Gasteiger partial charge in [-0.2, -0.15) is 0 Å². The van der Waals surface area contributed by atoms with Gasteiger partial charge in [0.2, 0.25) is 0 Å². The van der Waals surface area contributed by atoms with Crippen LogP contribution in [0.5, 0.6) is 11.5 Å². The van der Waals surface area contributed by atoms with Crippen molar-refractivity contribution in [2.24, 2.45) is 0 Å². The first-order valence-electron chi connectivity index (χ1n) is 9.68. The van der Waals surface area contributed by atoms with Crippen LogP contribution in [0.2, 0.25) is 0 Å². The predicted octanol–water partition coefficient (Wildman–Crippen LogP) is 3.56. The Morgan fingerprint density at radius 1 is 1.03 bits per heavy atom. The Morgan fingerprint density at radius 3 is 2.52 bits per heavy atom. The fourth-order valence-electron chi connectivity index (χ4n) is 3.41. The van der Waals surface area contributed by atoms with Crippen LogP contribution < -0.4 is 18.7 Å². The topological polar surface area (TPSA) is 76.2 Å². The Kier molecular flexibility index (Phi) is 5.56. The van der Waals surface area contributed by atoms with E-state index in [4.69, 9.17) is 9.47 Å². The van der Waals surface area contributed by atoms with Gasteiger partial charge in [0.05, 0.1) is 29.9 Å². The molecular weight excluding hydrogens is 416 g/mol. The van der Waals surface area contributed by atoms with Crippen molar-refractivity contribution in [3.05, 3.63) is 78.4 Å². The van der Waals surface area contributed by atoms with Crippen LogP contribution in [0.25, 0.3) is 0 Å². The summed E-state index contributed by atoms with van der Waals surface area (Å²) in [5.41, 5.74) is 1.45. The summed E-state index contributed by atoms with van der Waals surface area (Å²) in [4.78, 5) is 14.8. The van der Waals surface area contributed by atoms with Gasteiger partial charge in [-0.25, -0.2) is 8.42 Å². The van der Waals surface area contributed by atoms with Crippen LogP contribution in [0.4, 0.5) is 11.4 Å². The van der Waals surface area contributed by atoms with E-state index in [2.05, 4.69) is 0 Å². The SMILES string of the molecule is COc1ccc(N(C)S(=O)(=O)c2cccc(C(=O)N3CCOc4ccccc43)c2)cc1. The number of carbonyl (C=O) groups is 1. The summed E-state index contributed by atoms with van der Waals surface area (Å²) in [5, 5.41) is 0. The summed E-state index contributed by atoms with van der Waals surface area (Å²) in [6.45, 7) is 0.763. The van der Waals surface area contributed by atoms with Gasteiger partial charge in [-0.3, -0.25) is 9.10 Å². The van der Waals surface area contributed by atoms with Crippen LogP contribution in [0.3, 0.4) is 0 Å². The molecule has 3 aromatic carbocycles. The summed E-state index contributed by atoms with van der Waals surface area (Å²) >= 11 is 0. The summed E-state index contributed by atoms with van der Waals surface area (Å²) in [7, 11) is -0.839. The number of fused-ring (bicyclic) bond motifs is 1. The van der Waals surface area contributed by atoms with Gasteiger partial charge in [-0.1, -0.05) is 18.2 Å². The average Bonchev–Trinajstić information content (AvgIpc) is 2.83. The normalized spacial score (nSPS) is 13.2. The minimum Gasteiger partial charge on any atom is -0.497 e. The van der Waals surface area contributed by atoms with Crippen LogP contribution in [0.15, 0.2) is 77.7 Å². The summed E-state index contributed by atoms with van der Waals surface area (Å²) < 4.78 is 38.3. The number of para-hydroxylation sites is 2. The minimum atomic E-state index is -3.86. The second-order valence-electron chi connectivity index (χ2n) is 6.97. The summed E-state index contributed by atoms with van der Waals surface area (Å²) in [6.07, 6.45) is 0. The Morgan fingerprint density at radius 2 is 1.77 bits per heavy atom. The highest BCUT2D eigenvalue weighted by Gasteiger charge is 2.27. The zero-order chi connectivity index (χ0) is 22.0. The lowest BCUT2D eigenvalue weighted by molar-refractivity contribution is 0.0976. The lowest BCUT2D eigenvalue weighted by Gasteiger charge is -2.29. The molecule has 7 nitrogen and oxygen atoms in total. The van der Waals surface area contributed by atoms with Crippen LogP contribution >= 0.6 is 0 Å². The van der Waals surface area contributed by atoms with Gasteiger partial charge in [-0.05, 0) is 54.6 Å². The van der Waals surface area contributed by atoms with E-state index in [1.165, 1.54) is 23.5 Å². The molecule has 8 heteroatoms. The molecule has 3 aromatic rings. The lowest BCUT2D eigenvalue weighted by Crippen LogP contribution is -2.38. The Labute approximate surface area is 181 Å². The molecule has 0 bridgehead atoms. The monoisotopic (exact) mass is 438 g/mol. The van der Waals surface area contributed by atoms with E-state index in [1.807, 2.05) is 18.2 Å². The van der Waals surface area contributed by atoms with Crippen molar-refractivity contribution in [2.45, 2.75) is 4.90 Å². The van der Waals surface area contributed by atoms with Crippen LogP contribution in [0, 0.1) is 0 Å². The standard InChI is InChI=1S/C23H22N2O5S/c1-24(18-10-12-19(29-2)13-11-18)31(27,28)20-7-5-6-17(16-20)23(26)25-14-15-30-22-9-4-3-8-21(22)25/h3-13,16H,14-15H2,1-2H3. The molecule has 0 saturated carbocycles. The maximum absolute atomic E-state index is 13.2. The predicted molar refractivity (Wildman–Crippen MR) is 119 cm³/mol. The minimum absolute atomic E-state index is 0.0400. The first-order chi connectivity index (χ1) is 14.9. The molecule has 31 heavy (non-hydrogen) atoms. The number of hydrogen-bond acceptors (Lipinski definition) is 5. The van der Waals surface area contributed by atoms with Crippen LogP contribution in [0.1, 0.15) is 10.4 Å². The molecule has 1 aliphatic heterocycles. The molecule has 0 spiro atoms. The second-order valence-corrected chi connectivity index (χ2v) is 8.94. The Bertz CT molecular complexity index is 1210. The maximum atomic E-state index is 13.2. The number of ether oxygens (including phenoxy) is 2. The van der Waals surface area contributed by atoms with Crippen molar-refractivity contribution < 1.29 is 22.7 Å². The quantitative estimate of drug-likeness (QED) is 0.609. The Hall–Kier alpha value is -3.52. The van der Waals surface area contributed by atoms with Gasteiger partial charge < -0.3 is 14.4 Å². The van der Waals surface area contributed by atoms with Crippen LogP contribution in [-0.2, 0) is 10.0 Å². The van der Waals surface area contributed by atoms with Crippen molar-refractivity contribution in [1.82, 2.24) is 0 Å². The molecule has 1 amide bonds. The number of amides is 1. The number of rotatable bonds is 5. The third-order valence-corrected chi connectivity index (χ3v) is 6.93. The number of carbonyl (C=O) groups excluding carboxylic acids is 1. The molecule has 0 aromatic heterocycles. The molecule has 0 radical (unpaired) electrons. The summed E-state index contributed by atoms with van der Waals surface area (Å²) in [6, 6.07) is 20.1. The van der Waals surface area contributed by atoms with Crippen LogP contribution in [-0.4, -0.2) is 41.6 Å². The highest BCUT2D eigenvalue weighted by molar-refractivity contribution is 7.92. The molecule has 0 fully saturated rings.